The molecule has 1 aliphatic rings. The Bertz CT molecular complexity index is 568. The van der Waals surface area contributed by atoms with Crippen LogP contribution in [0, 0.1) is 0 Å². The topological polar surface area (TPSA) is 20.3 Å². The first-order valence-corrected chi connectivity index (χ1v) is 9.27. The van der Waals surface area contributed by atoms with Gasteiger partial charge in [0.15, 0.2) is 0 Å². The molecule has 1 saturated heterocycles. The van der Waals surface area contributed by atoms with Crippen molar-refractivity contribution in [3.63, 3.8) is 0 Å². The second-order valence-corrected chi connectivity index (χ2v) is 7.34. The van der Waals surface area contributed by atoms with E-state index in [1.54, 1.807) is 11.3 Å². The van der Waals surface area contributed by atoms with Crippen molar-refractivity contribution in [1.82, 2.24) is 4.90 Å². The van der Waals surface area contributed by atoms with Crippen molar-refractivity contribution in [3.05, 3.63) is 58.3 Å². The number of hydrogen-bond donors (Lipinski definition) is 0. The van der Waals surface area contributed by atoms with E-state index in [0.717, 1.165) is 30.8 Å². The summed E-state index contributed by atoms with van der Waals surface area (Å²) in [5.74, 6) is 1.29. The Morgan fingerprint density at radius 1 is 1.19 bits per heavy atom. The fourth-order valence-electron chi connectivity index (χ4n) is 2.63. The van der Waals surface area contributed by atoms with E-state index >= 15 is 0 Å². The van der Waals surface area contributed by atoms with E-state index in [0.29, 0.717) is 11.7 Å². The maximum atomic E-state index is 12.4. The standard InChI is InChI=1S/C17H19NOS2/c19-17(12-14-7-10-20-13-14)18-8-6-16(21-11-9-18)15-4-2-1-3-5-15/h1-5,7,10,13,16H,6,8-9,11-12H2. The zero-order chi connectivity index (χ0) is 14.5. The molecule has 0 aliphatic carbocycles. The molecule has 0 bridgehead atoms. The van der Waals surface area contributed by atoms with Crippen molar-refractivity contribution in [1.29, 1.82) is 0 Å². The summed E-state index contributed by atoms with van der Waals surface area (Å²) in [4.78, 5) is 14.4. The van der Waals surface area contributed by atoms with Crippen LogP contribution in [0.2, 0.25) is 0 Å². The van der Waals surface area contributed by atoms with Crippen LogP contribution in [0.4, 0.5) is 0 Å². The van der Waals surface area contributed by atoms with Gasteiger partial charge in [0, 0.05) is 24.1 Å². The molecule has 1 atom stereocenters. The van der Waals surface area contributed by atoms with Crippen LogP contribution in [0.25, 0.3) is 0 Å². The van der Waals surface area contributed by atoms with Crippen LogP contribution >= 0.6 is 23.1 Å². The predicted octanol–water partition coefficient (Wildman–Crippen LogP) is 4.00. The van der Waals surface area contributed by atoms with Crippen molar-refractivity contribution < 1.29 is 4.79 Å². The molecular weight excluding hydrogens is 298 g/mol. The largest absolute Gasteiger partial charge is 0.342 e. The van der Waals surface area contributed by atoms with Gasteiger partial charge < -0.3 is 4.90 Å². The number of carbonyl (C=O) groups excluding carboxylic acids is 1. The third kappa shape index (κ3) is 3.89. The predicted molar refractivity (Wildman–Crippen MR) is 90.9 cm³/mol. The molecule has 0 spiro atoms. The quantitative estimate of drug-likeness (QED) is 0.853. The summed E-state index contributed by atoms with van der Waals surface area (Å²) in [5, 5.41) is 4.62. The first-order chi connectivity index (χ1) is 10.3. The Balaban J connectivity index is 1.59. The van der Waals surface area contributed by atoms with Gasteiger partial charge >= 0.3 is 0 Å². The number of hydrogen-bond acceptors (Lipinski definition) is 3. The number of nitrogens with zero attached hydrogens (tertiary/aromatic N) is 1. The Hall–Kier alpha value is -1.26. The highest BCUT2D eigenvalue weighted by Crippen LogP contribution is 2.34. The number of carbonyl (C=O) groups is 1. The van der Waals surface area contributed by atoms with Crippen molar-refractivity contribution in [2.45, 2.75) is 18.1 Å². The van der Waals surface area contributed by atoms with E-state index in [1.807, 2.05) is 28.1 Å². The zero-order valence-corrected chi connectivity index (χ0v) is 13.5. The summed E-state index contributed by atoms with van der Waals surface area (Å²) < 4.78 is 0. The SMILES string of the molecule is O=C(Cc1ccsc1)N1CCSC(c2ccccc2)CC1. The monoisotopic (exact) mass is 317 g/mol. The van der Waals surface area contributed by atoms with Crippen LogP contribution in [-0.2, 0) is 11.2 Å². The van der Waals surface area contributed by atoms with Gasteiger partial charge in [0.1, 0.15) is 0 Å². The lowest BCUT2D eigenvalue weighted by molar-refractivity contribution is -0.130. The molecule has 1 aromatic heterocycles. The molecule has 2 nitrogen and oxygen atoms in total. The zero-order valence-electron chi connectivity index (χ0n) is 11.9. The summed E-state index contributed by atoms with van der Waals surface area (Å²) in [6.07, 6.45) is 1.59. The van der Waals surface area contributed by atoms with Gasteiger partial charge in [0.2, 0.25) is 5.91 Å². The molecule has 1 unspecified atom stereocenters. The molecule has 0 saturated carbocycles. The van der Waals surface area contributed by atoms with Gasteiger partial charge in [-0.3, -0.25) is 4.79 Å². The van der Waals surface area contributed by atoms with Crippen molar-refractivity contribution in [2.24, 2.45) is 0 Å². The lowest BCUT2D eigenvalue weighted by Gasteiger charge is -2.20. The summed E-state index contributed by atoms with van der Waals surface area (Å²) >= 11 is 3.63. The van der Waals surface area contributed by atoms with Gasteiger partial charge in [-0.1, -0.05) is 30.3 Å². The van der Waals surface area contributed by atoms with Crippen molar-refractivity contribution >= 4 is 29.0 Å². The van der Waals surface area contributed by atoms with Crippen LogP contribution in [-0.4, -0.2) is 29.6 Å². The lowest BCUT2D eigenvalue weighted by Crippen LogP contribution is -2.34. The van der Waals surface area contributed by atoms with Gasteiger partial charge in [-0.2, -0.15) is 23.1 Å². The maximum absolute atomic E-state index is 12.4. The molecule has 0 radical (unpaired) electrons. The highest BCUT2D eigenvalue weighted by atomic mass is 32.2. The third-order valence-electron chi connectivity index (χ3n) is 3.80. The Labute approximate surface area is 134 Å². The van der Waals surface area contributed by atoms with E-state index in [9.17, 15) is 4.79 Å². The van der Waals surface area contributed by atoms with Gasteiger partial charge in [0.05, 0.1) is 6.42 Å². The van der Waals surface area contributed by atoms with E-state index in [2.05, 4.69) is 35.7 Å². The van der Waals surface area contributed by atoms with Crippen LogP contribution in [0.1, 0.15) is 22.8 Å². The van der Waals surface area contributed by atoms with E-state index in [1.165, 1.54) is 5.56 Å². The van der Waals surface area contributed by atoms with Crippen LogP contribution in [0.15, 0.2) is 47.2 Å². The molecule has 21 heavy (non-hydrogen) atoms. The minimum Gasteiger partial charge on any atom is -0.342 e. The van der Waals surface area contributed by atoms with Crippen LogP contribution < -0.4 is 0 Å². The second kappa shape index (κ2) is 7.14. The average Bonchev–Trinajstić information content (AvgIpc) is 2.89. The van der Waals surface area contributed by atoms with Crippen molar-refractivity contribution in [3.8, 4) is 0 Å². The molecule has 3 rings (SSSR count). The molecule has 110 valence electrons. The van der Waals surface area contributed by atoms with Gasteiger partial charge in [-0.15, -0.1) is 0 Å². The highest BCUT2D eigenvalue weighted by Gasteiger charge is 2.21. The van der Waals surface area contributed by atoms with Gasteiger partial charge in [-0.05, 0) is 34.4 Å². The molecule has 0 N–H and O–H groups in total. The number of rotatable bonds is 3. The molecule has 1 amide bonds. The Morgan fingerprint density at radius 3 is 2.81 bits per heavy atom. The van der Waals surface area contributed by atoms with E-state index in [4.69, 9.17) is 0 Å². The first kappa shape index (κ1) is 14.7. The normalized spacial score (nSPS) is 19.2. The number of thioether (sulfide) groups is 1. The summed E-state index contributed by atoms with van der Waals surface area (Å²) in [7, 11) is 0. The average molecular weight is 317 g/mol. The fourth-order valence-corrected chi connectivity index (χ4v) is 4.53. The summed E-state index contributed by atoms with van der Waals surface area (Å²) in [6.45, 7) is 1.74. The third-order valence-corrected chi connectivity index (χ3v) is 5.86. The lowest BCUT2D eigenvalue weighted by atomic mass is 10.1. The minimum absolute atomic E-state index is 0.266. The number of thiophene rings is 1. The summed E-state index contributed by atoms with van der Waals surface area (Å²) in [6, 6.07) is 12.7. The van der Waals surface area contributed by atoms with Crippen molar-refractivity contribution in [2.75, 3.05) is 18.8 Å². The molecular formula is C17H19NOS2. The molecule has 1 aliphatic heterocycles. The van der Waals surface area contributed by atoms with E-state index in [-0.39, 0.29) is 5.91 Å². The Morgan fingerprint density at radius 2 is 2.05 bits per heavy atom. The fraction of sp³-hybridized carbons (Fsp3) is 0.353. The van der Waals surface area contributed by atoms with Crippen LogP contribution in [0.3, 0.4) is 0 Å². The molecule has 2 heterocycles. The molecule has 2 aromatic rings. The van der Waals surface area contributed by atoms with Gasteiger partial charge in [-0.25, -0.2) is 0 Å². The molecule has 1 aromatic carbocycles. The first-order valence-electron chi connectivity index (χ1n) is 7.28. The Kier molecular flexibility index (Phi) is 4.99. The van der Waals surface area contributed by atoms with E-state index < -0.39 is 0 Å². The minimum atomic E-state index is 0.266. The molecule has 1 fully saturated rings. The second-order valence-electron chi connectivity index (χ2n) is 5.25. The smallest absolute Gasteiger partial charge is 0.227 e. The van der Waals surface area contributed by atoms with Crippen LogP contribution in [0.5, 0.6) is 0 Å². The highest BCUT2D eigenvalue weighted by molar-refractivity contribution is 7.99. The maximum Gasteiger partial charge on any atom is 0.227 e. The number of benzene rings is 1. The number of amides is 1. The summed E-state index contributed by atoms with van der Waals surface area (Å²) in [5.41, 5.74) is 2.52. The van der Waals surface area contributed by atoms with Gasteiger partial charge in [0.25, 0.3) is 0 Å². The molecule has 4 heteroatoms.